The maximum Gasteiger partial charge on any atom is 0.309 e. The van der Waals surface area contributed by atoms with Gasteiger partial charge in [-0.2, -0.15) is 0 Å². The molecule has 3 fully saturated rings. The summed E-state index contributed by atoms with van der Waals surface area (Å²) in [4.78, 5) is 59.9. The van der Waals surface area contributed by atoms with Crippen molar-refractivity contribution in [1.29, 1.82) is 0 Å². The van der Waals surface area contributed by atoms with Crippen molar-refractivity contribution in [3.05, 3.63) is 54.4 Å². The molecule has 6 unspecified atom stereocenters. The number of aliphatic hydroxyl groups excluding tert-OH is 2. The van der Waals surface area contributed by atoms with Gasteiger partial charge < -0.3 is 67.8 Å². The Labute approximate surface area is 413 Å². The summed E-state index contributed by atoms with van der Waals surface area (Å²) >= 11 is 0. The molecule has 392 valence electrons. The zero-order valence-corrected chi connectivity index (χ0v) is 42.7. The van der Waals surface area contributed by atoms with Gasteiger partial charge in [0.2, 0.25) is 0 Å². The molecule has 1 aromatic carbocycles. The van der Waals surface area contributed by atoms with Gasteiger partial charge in [-0.05, 0) is 89.9 Å². The third kappa shape index (κ3) is 15.3. The molecule has 18 nitrogen and oxygen atoms in total. The van der Waals surface area contributed by atoms with Crippen molar-refractivity contribution in [3.63, 3.8) is 0 Å². The molecule has 3 aliphatic rings. The summed E-state index contributed by atoms with van der Waals surface area (Å²) in [6.07, 6.45) is -1.93. The Hall–Kier alpha value is -3.95. The smallest absolute Gasteiger partial charge is 0.309 e. The number of nitrogens with zero attached hydrogens (tertiary/aromatic N) is 3. The van der Waals surface area contributed by atoms with Gasteiger partial charge in [0.1, 0.15) is 36.3 Å². The second-order valence-electron chi connectivity index (χ2n) is 19.8. The number of pyridine rings is 1. The van der Waals surface area contributed by atoms with Gasteiger partial charge in [0.05, 0.1) is 43.5 Å². The lowest BCUT2D eigenvalue weighted by molar-refractivity contribution is -0.344. The average molecular weight is 986 g/mol. The van der Waals surface area contributed by atoms with Crippen molar-refractivity contribution < 1.29 is 72.4 Å². The summed E-state index contributed by atoms with van der Waals surface area (Å²) in [5, 5.41) is 37.6. The second kappa shape index (κ2) is 26.7. The molecule has 3 aliphatic heterocycles. The van der Waals surface area contributed by atoms with E-state index in [2.05, 4.69) is 23.2 Å². The summed E-state index contributed by atoms with van der Waals surface area (Å²) < 4.78 is 49.3. The van der Waals surface area contributed by atoms with E-state index in [-0.39, 0.29) is 44.6 Å². The highest BCUT2D eigenvalue weighted by atomic mass is 16.7. The first-order valence-electron chi connectivity index (χ1n) is 24.8. The lowest BCUT2D eigenvalue weighted by Crippen LogP contribution is -2.66. The molecule has 0 amide bonds. The monoisotopic (exact) mass is 986 g/mol. The van der Waals surface area contributed by atoms with Crippen molar-refractivity contribution >= 4 is 35.0 Å². The molecule has 3 N–H and O–H groups in total. The van der Waals surface area contributed by atoms with E-state index in [0.29, 0.717) is 25.9 Å². The highest BCUT2D eigenvalue weighted by Crippen LogP contribution is 2.38. The van der Waals surface area contributed by atoms with Crippen LogP contribution < -0.4 is 0 Å². The fourth-order valence-electron chi connectivity index (χ4n) is 10.1. The van der Waals surface area contributed by atoms with Crippen LogP contribution in [0.5, 0.6) is 0 Å². The van der Waals surface area contributed by atoms with E-state index in [1.165, 1.54) is 7.11 Å². The van der Waals surface area contributed by atoms with Gasteiger partial charge in [0, 0.05) is 63.7 Å². The minimum Gasteiger partial charge on any atom is -0.466 e. The van der Waals surface area contributed by atoms with Crippen molar-refractivity contribution in [1.82, 2.24) is 14.8 Å². The van der Waals surface area contributed by atoms with Crippen molar-refractivity contribution in [2.45, 2.75) is 172 Å². The van der Waals surface area contributed by atoms with Gasteiger partial charge in [-0.1, -0.05) is 57.2 Å². The molecule has 18 heteroatoms. The molecule has 4 heterocycles. The van der Waals surface area contributed by atoms with E-state index >= 15 is 0 Å². The van der Waals surface area contributed by atoms with E-state index in [4.69, 9.17) is 37.9 Å². The fraction of sp³-hybridized carbons (Fsp3) is 0.712. The number of cyclic esters (lactones) is 1. The van der Waals surface area contributed by atoms with Gasteiger partial charge in [-0.15, -0.1) is 0 Å². The number of allylic oxidation sites excluding steroid dienone is 1. The maximum atomic E-state index is 13.8. The number of rotatable bonds is 15. The van der Waals surface area contributed by atoms with E-state index in [9.17, 15) is 34.5 Å². The average Bonchev–Trinajstić information content (AvgIpc) is 3.30. The first-order valence-corrected chi connectivity index (χ1v) is 24.8. The Morgan fingerprint density at radius 1 is 0.971 bits per heavy atom. The molecule has 5 rings (SSSR count). The number of carbonyl (C=O) groups is 4. The van der Waals surface area contributed by atoms with E-state index in [0.717, 1.165) is 22.6 Å². The number of fused-ring (bicyclic) bond motifs is 1. The Morgan fingerprint density at radius 3 is 2.36 bits per heavy atom. The number of aldehydes is 1. The van der Waals surface area contributed by atoms with Crippen LogP contribution in [0, 0.1) is 17.8 Å². The van der Waals surface area contributed by atoms with Gasteiger partial charge >= 0.3 is 17.9 Å². The molecule has 16 atom stereocenters. The minimum absolute atomic E-state index is 0.0117. The molecular formula is C52H79N3O15. The summed E-state index contributed by atoms with van der Waals surface area (Å²) in [6.45, 7) is 11.1. The largest absolute Gasteiger partial charge is 0.466 e. The number of benzene rings is 1. The highest BCUT2D eigenvalue weighted by molar-refractivity contribution is 5.84. The number of ether oxygens (including phenoxy) is 8. The molecule has 0 spiro atoms. The molecule has 0 aliphatic carbocycles. The number of hydrogen-bond donors (Lipinski definition) is 3. The lowest BCUT2D eigenvalue weighted by Gasteiger charge is -2.50. The first-order chi connectivity index (χ1) is 33.3. The highest BCUT2D eigenvalue weighted by Gasteiger charge is 2.53. The van der Waals surface area contributed by atoms with Gasteiger partial charge in [0.15, 0.2) is 18.7 Å². The standard InChI is InChI=1S/C52H79N3O15/c1-11-41(58)67-40-25-43(60)64-23-21-34(16-15-18-37-28-53-27-36-17-13-14-19-38(36)37)29-55(9)30-39(57)31(3)24-35(20-22-56)48(49(40)63-10)70-51-46(61)45(54(7)8)47(32(4)66-51)69-44-26-52(6,62)50(33(5)65-44)68-42(59)12-2/h13-17,19,22,27-28,31-35,39-40,44-51,57,61-62H,11-12,18,20-21,23-26,29-30H2,1-10H3/b16-15+/t31-,32?,33?,34?,35+,39+,40-,44+,45?,46?,47-,48+,49+,50+,51+,52?/m1/s1. The number of aliphatic hydroxyl groups is 3. The molecule has 0 bridgehead atoms. The van der Waals surface area contributed by atoms with E-state index < -0.39 is 115 Å². The number of aromatic nitrogens is 1. The third-order valence-corrected chi connectivity index (χ3v) is 13.9. The second-order valence-corrected chi connectivity index (χ2v) is 19.8. The summed E-state index contributed by atoms with van der Waals surface area (Å²) in [5.41, 5.74) is -0.421. The predicted octanol–water partition coefficient (Wildman–Crippen LogP) is 4.16. The van der Waals surface area contributed by atoms with Crippen LogP contribution in [-0.2, 0) is 63.5 Å². The van der Waals surface area contributed by atoms with Crippen molar-refractivity contribution in [3.8, 4) is 0 Å². The van der Waals surface area contributed by atoms with Crippen molar-refractivity contribution in [2.24, 2.45) is 17.8 Å². The Bertz CT molecular complexity index is 2010. The molecule has 0 saturated carbocycles. The zero-order valence-electron chi connectivity index (χ0n) is 42.7. The Kier molecular flexibility index (Phi) is 21.7. The topological polar surface area (TPSA) is 222 Å². The van der Waals surface area contributed by atoms with Crippen LogP contribution in [0.25, 0.3) is 10.8 Å². The lowest BCUT2D eigenvalue weighted by atomic mass is 9.82. The molecule has 0 radical (unpaired) electrons. The van der Waals surface area contributed by atoms with Gasteiger partial charge in [0.25, 0.3) is 0 Å². The van der Waals surface area contributed by atoms with Crippen LogP contribution in [0.2, 0.25) is 0 Å². The molecule has 2 aromatic rings. The number of methoxy groups -OCH3 is 1. The number of carbonyl (C=O) groups excluding carboxylic acids is 4. The normalized spacial score (nSPS) is 35.6. The zero-order chi connectivity index (χ0) is 51.3. The van der Waals surface area contributed by atoms with Crippen LogP contribution in [0.1, 0.15) is 92.1 Å². The number of likely N-dealkylation sites (N-methyl/N-ethyl adjacent to an activating group) is 2. The molecule has 1 aromatic heterocycles. The Balaban J connectivity index is 1.41. The van der Waals surface area contributed by atoms with E-state index in [1.807, 2.05) is 49.5 Å². The predicted molar refractivity (Wildman–Crippen MR) is 258 cm³/mol. The quantitative estimate of drug-likeness (QED) is 0.0987. The number of esters is 3. The molecule has 3 saturated heterocycles. The summed E-state index contributed by atoms with van der Waals surface area (Å²) in [5.74, 6) is -2.90. The van der Waals surface area contributed by atoms with Gasteiger partial charge in [-0.25, -0.2) is 0 Å². The van der Waals surface area contributed by atoms with Crippen LogP contribution in [0.15, 0.2) is 48.8 Å². The molecule has 70 heavy (non-hydrogen) atoms. The SMILES string of the molecule is CCC(=O)O[C@@H]1CC(=O)OCCC(/C=C/Cc2cncc3ccccc23)CN(C)C[C@H](O)[C@H](C)C[C@H](CC=O)[C@H](O[C@@H]2OC(C)[C@@H](O[C@H]3CC(C)(O)[C@@H](OC(=O)CC)C(C)O3)C(N(C)C)C2O)[C@H]1OC. The summed E-state index contributed by atoms with van der Waals surface area (Å²) in [6, 6.07) is 7.29. The van der Waals surface area contributed by atoms with E-state index in [1.54, 1.807) is 53.6 Å². The number of β-amino-alcohol motifs (C(OH)–C–C–N with tert-alkyl or cyclic N) is 1. The Morgan fingerprint density at radius 2 is 1.69 bits per heavy atom. The van der Waals surface area contributed by atoms with Crippen LogP contribution in [0.4, 0.5) is 0 Å². The minimum atomic E-state index is -1.50. The third-order valence-electron chi connectivity index (χ3n) is 13.9. The first kappa shape index (κ1) is 57.0. The van der Waals surface area contributed by atoms with Crippen LogP contribution in [-0.4, -0.2) is 181 Å². The van der Waals surface area contributed by atoms with Crippen LogP contribution in [0.3, 0.4) is 0 Å². The van der Waals surface area contributed by atoms with Gasteiger partial charge in [-0.3, -0.25) is 19.4 Å². The van der Waals surface area contributed by atoms with Crippen molar-refractivity contribution in [2.75, 3.05) is 47.9 Å². The maximum absolute atomic E-state index is 13.8. The fourth-order valence-corrected chi connectivity index (χ4v) is 10.1. The molecular weight excluding hydrogens is 907 g/mol. The summed E-state index contributed by atoms with van der Waals surface area (Å²) in [7, 11) is 6.82. The van der Waals surface area contributed by atoms with Crippen LogP contribution >= 0.6 is 0 Å². The number of hydrogen-bond acceptors (Lipinski definition) is 18.